The summed E-state index contributed by atoms with van der Waals surface area (Å²) in [5.74, 6) is -0.0956. The fourth-order valence-electron chi connectivity index (χ4n) is 3.20. The molecule has 5 nitrogen and oxygen atoms in total. The molecule has 0 aliphatic carbocycles. The van der Waals surface area contributed by atoms with Gasteiger partial charge in [-0.05, 0) is 59.5 Å². The average molecular weight is 366 g/mol. The highest BCUT2D eigenvalue weighted by atomic mass is 16.1. The predicted molar refractivity (Wildman–Crippen MR) is 109 cm³/mol. The minimum atomic E-state index is -0.0956. The molecule has 0 aliphatic rings. The first kappa shape index (κ1) is 17.5. The molecule has 4 rings (SSSR count). The Morgan fingerprint density at radius 3 is 2.54 bits per heavy atom. The topological polar surface area (TPSA) is 81.6 Å². The first-order chi connectivity index (χ1) is 13.7. The molecule has 2 N–H and O–H groups in total. The summed E-state index contributed by atoms with van der Waals surface area (Å²) in [6.45, 7) is 0.531. The summed E-state index contributed by atoms with van der Waals surface area (Å²) in [5.41, 5.74) is 5.40. The normalized spacial score (nSPS) is 10.5. The zero-order valence-corrected chi connectivity index (χ0v) is 15.1. The number of nitrogens with zero attached hydrogens (tertiary/aromatic N) is 2. The van der Waals surface area contributed by atoms with Crippen LogP contribution in [0.5, 0.6) is 0 Å². The average Bonchev–Trinajstić information content (AvgIpc) is 3.17. The lowest BCUT2D eigenvalue weighted by Gasteiger charge is -2.07. The highest BCUT2D eigenvalue weighted by molar-refractivity contribution is 5.94. The fraction of sp³-hybridized carbons (Fsp3) is 0.0870. The number of fused-ring (bicyclic) bond motifs is 1. The molecule has 0 atom stereocenters. The Balaban J connectivity index is 1.37. The van der Waals surface area contributed by atoms with Gasteiger partial charge < -0.3 is 10.3 Å². The Bertz CT molecular complexity index is 1150. The molecule has 2 aromatic heterocycles. The smallest absolute Gasteiger partial charge is 0.251 e. The Morgan fingerprint density at radius 1 is 1.04 bits per heavy atom. The lowest BCUT2D eigenvalue weighted by Crippen LogP contribution is -2.25. The molecule has 28 heavy (non-hydrogen) atoms. The number of hydrogen-bond acceptors (Lipinski definition) is 3. The molecule has 0 saturated carbocycles. The highest BCUT2D eigenvalue weighted by Gasteiger charge is 2.07. The summed E-state index contributed by atoms with van der Waals surface area (Å²) in [4.78, 5) is 19.5. The van der Waals surface area contributed by atoms with Crippen LogP contribution in [0.25, 0.3) is 22.0 Å². The summed E-state index contributed by atoms with van der Waals surface area (Å²) in [7, 11) is 0. The highest BCUT2D eigenvalue weighted by Crippen LogP contribution is 2.20. The predicted octanol–water partition coefficient (Wildman–Crippen LogP) is 4.07. The van der Waals surface area contributed by atoms with E-state index in [1.807, 2.05) is 54.6 Å². The molecule has 4 aromatic rings. The second kappa shape index (κ2) is 7.77. The van der Waals surface area contributed by atoms with Crippen LogP contribution in [0.2, 0.25) is 0 Å². The Hall–Kier alpha value is -3.91. The molecule has 1 amide bonds. The molecule has 5 heteroatoms. The third kappa shape index (κ3) is 3.62. The van der Waals surface area contributed by atoms with Gasteiger partial charge in [-0.2, -0.15) is 5.26 Å². The van der Waals surface area contributed by atoms with Gasteiger partial charge in [-0.1, -0.05) is 18.2 Å². The van der Waals surface area contributed by atoms with Crippen LogP contribution in [0.15, 0.2) is 73.2 Å². The molecule has 0 bridgehead atoms. The first-order valence-electron chi connectivity index (χ1n) is 9.03. The van der Waals surface area contributed by atoms with Gasteiger partial charge in [0.1, 0.15) is 6.07 Å². The maximum atomic E-state index is 12.4. The van der Waals surface area contributed by atoms with Gasteiger partial charge in [0.25, 0.3) is 5.91 Å². The standard InChI is InChI=1S/C23H18N4O/c24-14-20-15-27-22-6-1-16(13-21(20)22)7-12-26-23(28)19-4-2-17(3-5-19)18-8-10-25-11-9-18/h1-6,8-11,13,15,27H,7,12H2,(H,26,28). The molecule has 0 radical (unpaired) electrons. The second-order valence-corrected chi connectivity index (χ2v) is 6.51. The van der Waals surface area contributed by atoms with E-state index >= 15 is 0 Å². The Morgan fingerprint density at radius 2 is 1.79 bits per heavy atom. The minimum Gasteiger partial charge on any atom is -0.360 e. The third-order valence-corrected chi connectivity index (χ3v) is 4.73. The lowest BCUT2D eigenvalue weighted by molar-refractivity contribution is 0.0954. The van der Waals surface area contributed by atoms with Crippen LogP contribution in [0.1, 0.15) is 21.5 Å². The summed E-state index contributed by atoms with van der Waals surface area (Å²) >= 11 is 0. The van der Waals surface area contributed by atoms with Crippen molar-refractivity contribution in [1.82, 2.24) is 15.3 Å². The number of pyridine rings is 1. The molecule has 0 saturated heterocycles. The van der Waals surface area contributed by atoms with Crippen molar-refractivity contribution in [2.24, 2.45) is 0 Å². The van der Waals surface area contributed by atoms with Crippen LogP contribution in [0.4, 0.5) is 0 Å². The van der Waals surface area contributed by atoms with Crippen molar-refractivity contribution in [2.75, 3.05) is 6.54 Å². The van der Waals surface area contributed by atoms with Gasteiger partial charge in [-0.15, -0.1) is 0 Å². The van der Waals surface area contributed by atoms with E-state index in [-0.39, 0.29) is 5.91 Å². The van der Waals surface area contributed by atoms with E-state index in [1.54, 1.807) is 18.6 Å². The number of nitrogens with one attached hydrogen (secondary N) is 2. The van der Waals surface area contributed by atoms with Gasteiger partial charge in [0.05, 0.1) is 5.56 Å². The van der Waals surface area contributed by atoms with E-state index in [0.717, 1.165) is 27.6 Å². The first-order valence-corrected chi connectivity index (χ1v) is 9.03. The SMILES string of the molecule is N#Cc1c[nH]c2ccc(CCNC(=O)c3ccc(-c4ccncc4)cc3)cc12. The Labute approximate surface area is 162 Å². The molecular formula is C23H18N4O. The second-order valence-electron chi connectivity index (χ2n) is 6.51. The van der Waals surface area contributed by atoms with Crippen LogP contribution in [0.3, 0.4) is 0 Å². The number of amides is 1. The molecule has 2 heterocycles. The van der Waals surface area contributed by atoms with Crippen molar-refractivity contribution >= 4 is 16.8 Å². The zero-order chi connectivity index (χ0) is 19.3. The van der Waals surface area contributed by atoms with Crippen molar-refractivity contribution < 1.29 is 4.79 Å². The number of nitriles is 1. The van der Waals surface area contributed by atoms with Crippen LogP contribution < -0.4 is 5.32 Å². The zero-order valence-electron chi connectivity index (χ0n) is 15.1. The van der Waals surface area contributed by atoms with Crippen LogP contribution in [-0.4, -0.2) is 22.4 Å². The minimum absolute atomic E-state index is 0.0956. The molecule has 136 valence electrons. The van der Waals surface area contributed by atoms with E-state index in [0.29, 0.717) is 24.1 Å². The molecule has 0 aliphatic heterocycles. The third-order valence-electron chi connectivity index (χ3n) is 4.73. The number of aromatic amines is 1. The maximum absolute atomic E-state index is 12.4. The number of benzene rings is 2. The quantitative estimate of drug-likeness (QED) is 0.558. The summed E-state index contributed by atoms with van der Waals surface area (Å²) < 4.78 is 0. The fourth-order valence-corrected chi connectivity index (χ4v) is 3.20. The van der Waals surface area contributed by atoms with Gasteiger partial charge in [0.2, 0.25) is 0 Å². The molecule has 0 fully saturated rings. The summed E-state index contributed by atoms with van der Waals surface area (Å²) in [6.07, 6.45) is 5.92. The number of hydrogen-bond donors (Lipinski definition) is 2. The van der Waals surface area contributed by atoms with E-state index in [4.69, 9.17) is 5.26 Å². The van der Waals surface area contributed by atoms with E-state index < -0.39 is 0 Å². The van der Waals surface area contributed by atoms with Gasteiger partial charge in [-0.3, -0.25) is 9.78 Å². The van der Waals surface area contributed by atoms with Crippen molar-refractivity contribution in [2.45, 2.75) is 6.42 Å². The van der Waals surface area contributed by atoms with Crippen LogP contribution in [0, 0.1) is 11.3 Å². The lowest BCUT2D eigenvalue weighted by atomic mass is 10.0. The number of carbonyl (C=O) groups excluding carboxylic acids is 1. The maximum Gasteiger partial charge on any atom is 0.251 e. The van der Waals surface area contributed by atoms with Crippen molar-refractivity contribution in [3.8, 4) is 17.2 Å². The molecular weight excluding hydrogens is 348 g/mol. The number of carbonyl (C=O) groups is 1. The van der Waals surface area contributed by atoms with Gasteiger partial charge in [-0.25, -0.2) is 0 Å². The van der Waals surface area contributed by atoms with E-state index in [1.165, 1.54) is 0 Å². The monoisotopic (exact) mass is 366 g/mol. The summed E-state index contributed by atoms with van der Waals surface area (Å²) in [5, 5.41) is 13.0. The van der Waals surface area contributed by atoms with Crippen LogP contribution in [-0.2, 0) is 6.42 Å². The summed E-state index contributed by atoms with van der Waals surface area (Å²) in [6, 6.07) is 19.6. The van der Waals surface area contributed by atoms with Gasteiger partial charge in [0, 0.05) is 41.6 Å². The molecule has 0 unspecified atom stereocenters. The van der Waals surface area contributed by atoms with Crippen molar-refractivity contribution in [1.29, 1.82) is 5.26 Å². The van der Waals surface area contributed by atoms with Gasteiger partial charge in [0.15, 0.2) is 0 Å². The van der Waals surface area contributed by atoms with Crippen LogP contribution >= 0.6 is 0 Å². The largest absolute Gasteiger partial charge is 0.360 e. The van der Waals surface area contributed by atoms with Gasteiger partial charge >= 0.3 is 0 Å². The molecule has 0 spiro atoms. The molecule has 2 aromatic carbocycles. The van der Waals surface area contributed by atoms with Crippen molar-refractivity contribution in [3.63, 3.8) is 0 Å². The number of rotatable bonds is 5. The Kier molecular flexibility index (Phi) is 4.85. The van der Waals surface area contributed by atoms with E-state index in [9.17, 15) is 4.79 Å². The van der Waals surface area contributed by atoms with E-state index in [2.05, 4.69) is 21.4 Å². The van der Waals surface area contributed by atoms with Crippen molar-refractivity contribution in [3.05, 3.63) is 89.9 Å². The number of aromatic nitrogens is 2. The number of H-pyrrole nitrogens is 1.